The standard InChI is InChI=1S/C8H16N2O2.ClH/c1-8(2,3)10(7(11)12)6-4-5(6)9;/h5-6H,4,9H2,1-3H3,(H,11,12);1H/t5-,6-;/m1./s1. The van der Waals surface area contributed by atoms with Crippen LogP contribution in [-0.4, -0.2) is 33.7 Å². The van der Waals surface area contributed by atoms with Crippen molar-refractivity contribution in [2.45, 2.75) is 44.8 Å². The molecule has 0 heterocycles. The minimum absolute atomic E-state index is 0. The molecular formula is C8H17ClN2O2. The van der Waals surface area contributed by atoms with E-state index in [1.54, 1.807) is 0 Å². The number of amides is 1. The van der Waals surface area contributed by atoms with Gasteiger partial charge in [0.05, 0.1) is 6.04 Å². The van der Waals surface area contributed by atoms with Crippen LogP contribution in [0, 0.1) is 0 Å². The van der Waals surface area contributed by atoms with Crippen molar-refractivity contribution in [2.24, 2.45) is 5.73 Å². The van der Waals surface area contributed by atoms with Gasteiger partial charge in [0.2, 0.25) is 0 Å². The Morgan fingerprint density at radius 3 is 2.00 bits per heavy atom. The van der Waals surface area contributed by atoms with E-state index < -0.39 is 6.09 Å². The minimum atomic E-state index is -0.875. The van der Waals surface area contributed by atoms with Gasteiger partial charge >= 0.3 is 6.09 Å². The topological polar surface area (TPSA) is 66.6 Å². The molecule has 4 nitrogen and oxygen atoms in total. The van der Waals surface area contributed by atoms with Crippen molar-refractivity contribution >= 4 is 18.5 Å². The number of hydrogen-bond acceptors (Lipinski definition) is 2. The first kappa shape index (κ1) is 12.5. The van der Waals surface area contributed by atoms with Crippen LogP contribution >= 0.6 is 12.4 Å². The van der Waals surface area contributed by atoms with E-state index >= 15 is 0 Å². The summed E-state index contributed by atoms with van der Waals surface area (Å²) in [5.41, 5.74) is 5.25. The van der Waals surface area contributed by atoms with Gasteiger partial charge in [0, 0.05) is 11.6 Å². The van der Waals surface area contributed by atoms with Crippen molar-refractivity contribution < 1.29 is 9.90 Å². The van der Waals surface area contributed by atoms with Crippen LogP contribution < -0.4 is 5.73 Å². The predicted octanol–water partition coefficient (Wildman–Crippen LogP) is 1.29. The molecule has 0 spiro atoms. The number of carboxylic acid groups (broad SMARTS) is 1. The van der Waals surface area contributed by atoms with E-state index in [2.05, 4.69) is 0 Å². The first-order chi connectivity index (χ1) is 5.34. The summed E-state index contributed by atoms with van der Waals surface area (Å²) >= 11 is 0. The SMILES string of the molecule is CC(C)(C)N(C(=O)O)[C@@H]1C[C@H]1N.Cl. The van der Waals surface area contributed by atoms with Gasteiger partial charge in [-0.25, -0.2) is 4.79 Å². The molecule has 0 aromatic carbocycles. The van der Waals surface area contributed by atoms with Crippen LogP contribution in [0.3, 0.4) is 0 Å². The lowest BCUT2D eigenvalue weighted by molar-refractivity contribution is 0.0941. The van der Waals surface area contributed by atoms with Gasteiger partial charge in [0.25, 0.3) is 0 Å². The van der Waals surface area contributed by atoms with Gasteiger partial charge in [-0.05, 0) is 27.2 Å². The molecule has 1 saturated carbocycles. The van der Waals surface area contributed by atoms with Crippen molar-refractivity contribution in [2.75, 3.05) is 0 Å². The third-order valence-electron chi connectivity index (χ3n) is 2.07. The molecular weight excluding hydrogens is 192 g/mol. The first-order valence-electron chi connectivity index (χ1n) is 4.12. The second-order valence-corrected chi connectivity index (χ2v) is 4.29. The van der Waals surface area contributed by atoms with Crippen molar-refractivity contribution in [3.05, 3.63) is 0 Å². The van der Waals surface area contributed by atoms with E-state index in [1.807, 2.05) is 20.8 Å². The second-order valence-electron chi connectivity index (χ2n) is 4.29. The Balaban J connectivity index is 0.00000144. The van der Waals surface area contributed by atoms with Crippen LogP contribution in [0.2, 0.25) is 0 Å². The highest BCUT2D eigenvalue weighted by molar-refractivity contribution is 5.85. The molecule has 0 radical (unpaired) electrons. The van der Waals surface area contributed by atoms with Crippen LogP contribution in [0.4, 0.5) is 4.79 Å². The number of rotatable bonds is 1. The normalized spacial score (nSPS) is 26.2. The van der Waals surface area contributed by atoms with Gasteiger partial charge in [-0.3, -0.25) is 4.90 Å². The van der Waals surface area contributed by atoms with Gasteiger partial charge in [0.1, 0.15) is 0 Å². The highest BCUT2D eigenvalue weighted by Gasteiger charge is 2.45. The molecule has 13 heavy (non-hydrogen) atoms. The van der Waals surface area contributed by atoms with Crippen LogP contribution in [0.15, 0.2) is 0 Å². The molecule has 1 fully saturated rings. The smallest absolute Gasteiger partial charge is 0.408 e. The van der Waals surface area contributed by atoms with E-state index in [0.29, 0.717) is 0 Å². The molecule has 0 bridgehead atoms. The van der Waals surface area contributed by atoms with Gasteiger partial charge in [-0.2, -0.15) is 0 Å². The fraction of sp³-hybridized carbons (Fsp3) is 0.875. The van der Waals surface area contributed by atoms with Crippen LogP contribution in [0.25, 0.3) is 0 Å². The Bertz CT molecular complexity index is 203. The largest absolute Gasteiger partial charge is 0.465 e. The molecule has 78 valence electrons. The lowest BCUT2D eigenvalue weighted by Gasteiger charge is -2.33. The first-order valence-corrected chi connectivity index (χ1v) is 4.12. The maximum Gasteiger partial charge on any atom is 0.408 e. The number of hydrogen-bond donors (Lipinski definition) is 2. The molecule has 3 N–H and O–H groups in total. The maximum absolute atomic E-state index is 10.8. The molecule has 0 aliphatic heterocycles. The maximum atomic E-state index is 10.8. The lowest BCUT2D eigenvalue weighted by Crippen LogP contribution is -2.48. The third kappa shape index (κ3) is 2.74. The van der Waals surface area contributed by atoms with Crippen molar-refractivity contribution in [3.63, 3.8) is 0 Å². The molecule has 0 aromatic rings. The van der Waals surface area contributed by atoms with Gasteiger partial charge in [0.15, 0.2) is 0 Å². The highest BCUT2D eigenvalue weighted by atomic mass is 35.5. The molecule has 1 aliphatic carbocycles. The number of nitrogens with two attached hydrogens (primary N) is 1. The Kier molecular flexibility index (Phi) is 3.58. The van der Waals surface area contributed by atoms with E-state index in [1.165, 1.54) is 4.90 Å². The van der Waals surface area contributed by atoms with Crippen molar-refractivity contribution in [1.82, 2.24) is 4.90 Å². The molecule has 0 aromatic heterocycles. The molecule has 1 amide bonds. The minimum Gasteiger partial charge on any atom is -0.465 e. The summed E-state index contributed by atoms with van der Waals surface area (Å²) in [6, 6.07) is 0.0721. The number of nitrogens with zero attached hydrogens (tertiary/aromatic N) is 1. The Morgan fingerprint density at radius 2 is 1.92 bits per heavy atom. The predicted molar refractivity (Wildman–Crippen MR) is 53.2 cm³/mol. The molecule has 1 aliphatic rings. The zero-order valence-corrected chi connectivity index (χ0v) is 8.97. The molecule has 1 rings (SSSR count). The van der Waals surface area contributed by atoms with Gasteiger partial charge in [-0.15, -0.1) is 12.4 Å². The van der Waals surface area contributed by atoms with E-state index in [0.717, 1.165) is 6.42 Å². The average molecular weight is 209 g/mol. The van der Waals surface area contributed by atoms with Crippen LogP contribution in [0.5, 0.6) is 0 Å². The van der Waals surface area contributed by atoms with Crippen molar-refractivity contribution in [1.29, 1.82) is 0 Å². The summed E-state index contributed by atoms with van der Waals surface area (Å²) in [6.45, 7) is 5.64. The van der Waals surface area contributed by atoms with E-state index in [-0.39, 0.29) is 30.0 Å². The second kappa shape index (κ2) is 3.72. The summed E-state index contributed by atoms with van der Waals surface area (Å²) in [6.07, 6.45) is -0.0794. The fourth-order valence-corrected chi connectivity index (χ4v) is 1.42. The average Bonchev–Trinajstić information content (AvgIpc) is 2.41. The summed E-state index contributed by atoms with van der Waals surface area (Å²) in [4.78, 5) is 12.3. The molecule has 0 unspecified atom stereocenters. The fourth-order valence-electron chi connectivity index (χ4n) is 1.42. The van der Waals surface area contributed by atoms with Gasteiger partial charge < -0.3 is 10.8 Å². The third-order valence-corrected chi connectivity index (χ3v) is 2.07. The van der Waals surface area contributed by atoms with Crippen molar-refractivity contribution in [3.8, 4) is 0 Å². The molecule has 2 atom stereocenters. The molecule has 5 heteroatoms. The summed E-state index contributed by atoms with van der Waals surface area (Å²) < 4.78 is 0. The molecule has 0 saturated heterocycles. The Hall–Kier alpha value is -0.480. The summed E-state index contributed by atoms with van der Waals surface area (Å²) in [7, 11) is 0. The van der Waals surface area contributed by atoms with E-state index in [9.17, 15) is 4.79 Å². The number of halogens is 1. The lowest BCUT2D eigenvalue weighted by atomic mass is 10.1. The number of carbonyl (C=O) groups is 1. The zero-order chi connectivity index (χ0) is 9.52. The van der Waals surface area contributed by atoms with E-state index in [4.69, 9.17) is 10.8 Å². The summed E-state index contributed by atoms with van der Waals surface area (Å²) in [5.74, 6) is 0. The van der Waals surface area contributed by atoms with Crippen LogP contribution in [-0.2, 0) is 0 Å². The van der Waals surface area contributed by atoms with Gasteiger partial charge in [-0.1, -0.05) is 0 Å². The van der Waals surface area contributed by atoms with Crippen LogP contribution in [0.1, 0.15) is 27.2 Å². The Labute approximate surface area is 84.5 Å². The zero-order valence-electron chi connectivity index (χ0n) is 8.15. The quantitative estimate of drug-likeness (QED) is 0.683. The monoisotopic (exact) mass is 208 g/mol. The summed E-state index contributed by atoms with van der Waals surface area (Å²) in [5, 5.41) is 8.91. The Morgan fingerprint density at radius 1 is 1.54 bits per heavy atom. The highest BCUT2D eigenvalue weighted by Crippen LogP contribution is 2.31.